The molecule has 0 aliphatic rings. The molecular formula is C24H26ClN5O. The van der Waals surface area contributed by atoms with Crippen molar-refractivity contribution in [2.24, 2.45) is 0 Å². The van der Waals surface area contributed by atoms with Gasteiger partial charge >= 0.3 is 0 Å². The molecule has 0 radical (unpaired) electrons. The second-order valence-corrected chi connectivity index (χ2v) is 8.10. The zero-order valence-corrected chi connectivity index (χ0v) is 18.8. The molecule has 0 amide bonds. The standard InChI is InChI=1S/C24H26ClN5O/c1-4-13-29(16-23-26-27-24(31-23)21-7-5-6-8-22(21)25)15-19-9-11-20(12-10-19)30-18(3)14-17(2)28-30/h5-12,14H,4,13,15-16H2,1-3H3. The summed E-state index contributed by atoms with van der Waals surface area (Å²) in [6.07, 6.45) is 1.04. The summed E-state index contributed by atoms with van der Waals surface area (Å²) in [5, 5.41) is 13.6. The van der Waals surface area contributed by atoms with Gasteiger partial charge in [0, 0.05) is 12.2 Å². The minimum Gasteiger partial charge on any atom is -0.419 e. The summed E-state index contributed by atoms with van der Waals surface area (Å²) < 4.78 is 7.87. The van der Waals surface area contributed by atoms with Gasteiger partial charge in [0.05, 0.1) is 28.5 Å². The average Bonchev–Trinajstić information content (AvgIpc) is 3.35. The number of benzene rings is 2. The van der Waals surface area contributed by atoms with Crippen LogP contribution in [0.15, 0.2) is 59.0 Å². The molecule has 0 saturated carbocycles. The molecule has 2 aromatic heterocycles. The van der Waals surface area contributed by atoms with E-state index in [1.165, 1.54) is 5.56 Å². The highest BCUT2D eigenvalue weighted by Gasteiger charge is 2.15. The fourth-order valence-electron chi connectivity index (χ4n) is 3.67. The summed E-state index contributed by atoms with van der Waals surface area (Å²) in [6, 6.07) is 18.1. The summed E-state index contributed by atoms with van der Waals surface area (Å²) in [7, 11) is 0. The Morgan fingerprint density at radius 2 is 1.77 bits per heavy atom. The normalized spacial score (nSPS) is 11.4. The van der Waals surface area contributed by atoms with Gasteiger partial charge in [-0.05, 0) is 62.7 Å². The molecule has 7 heteroatoms. The van der Waals surface area contributed by atoms with E-state index in [9.17, 15) is 0 Å². The average molecular weight is 436 g/mol. The number of hydrogen-bond donors (Lipinski definition) is 0. The Labute approximate surface area is 187 Å². The summed E-state index contributed by atoms with van der Waals surface area (Å²) in [6.45, 7) is 8.57. The Balaban J connectivity index is 1.46. The molecule has 0 bridgehead atoms. The summed E-state index contributed by atoms with van der Waals surface area (Å²) in [5.74, 6) is 1.04. The van der Waals surface area contributed by atoms with E-state index in [0.717, 1.165) is 42.1 Å². The number of hydrogen-bond acceptors (Lipinski definition) is 5. The van der Waals surface area contributed by atoms with Crippen LogP contribution in [0.2, 0.25) is 5.02 Å². The van der Waals surface area contributed by atoms with Crippen LogP contribution in [-0.2, 0) is 13.1 Å². The fourth-order valence-corrected chi connectivity index (χ4v) is 3.89. The lowest BCUT2D eigenvalue weighted by molar-refractivity contribution is 0.232. The maximum absolute atomic E-state index is 6.25. The van der Waals surface area contributed by atoms with Gasteiger partial charge < -0.3 is 4.42 Å². The van der Waals surface area contributed by atoms with Crippen LogP contribution in [-0.4, -0.2) is 31.4 Å². The van der Waals surface area contributed by atoms with Crippen molar-refractivity contribution in [3.05, 3.63) is 82.5 Å². The lowest BCUT2D eigenvalue weighted by Crippen LogP contribution is -2.23. The molecule has 4 aromatic rings. The minimum atomic E-state index is 0.450. The minimum absolute atomic E-state index is 0.450. The number of aryl methyl sites for hydroxylation is 2. The molecule has 0 unspecified atom stereocenters. The zero-order valence-electron chi connectivity index (χ0n) is 18.0. The first-order valence-electron chi connectivity index (χ1n) is 10.5. The molecule has 4 rings (SSSR count). The first-order valence-corrected chi connectivity index (χ1v) is 10.8. The highest BCUT2D eigenvalue weighted by Crippen LogP contribution is 2.26. The van der Waals surface area contributed by atoms with Gasteiger partial charge in [0.1, 0.15) is 0 Å². The molecular weight excluding hydrogens is 410 g/mol. The monoisotopic (exact) mass is 435 g/mol. The maximum atomic E-state index is 6.25. The third kappa shape index (κ3) is 5.03. The largest absolute Gasteiger partial charge is 0.419 e. The van der Waals surface area contributed by atoms with Crippen LogP contribution in [0.5, 0.6) is 0 Å². The van der Waals surface area contributed by atoms with Gasteiger partial charge in [-0.2, -0.15) is 5.10 Å². The predicted octanol–water partition coefficient (Wildman–Crippen LogP) is 5.60. The maximum Gasteiger partial charge on any atom is 0.249 e. The van der Waals surface area contributed by atoms with Crippen molar-refractivity contribution in [2.45, 2.75) is 40.3 Å². The second kappa shape index (κ2) is 9.45. The Morgan fingerprint density at radius 3 is 2.45 bits per heavy atom. The van der Waals surface area contributed by atoms with E-state index in [2.05, 4.69) is 64.4 Å². The summed E-state index contributed by atoms with van der Waals surface area (Å²) in [4.78, 5) is 2.31. The van der Waals surface area contributed by atoms with Gasteiger partial charge in [-0.1, -0.05) is 42.8 Å². The molecule has 0 aliphatic heterocycles. The third-order valence-corrected chi connectivity index (χ3v) is 5.40. The number of nitrogens with zero attached hydrogens (tertiary/aromatic N) is 5. The van der Waals surface area contributed by atoms with Crippen molar-refractivity contribution in [1.82, 2.24) is 24.9 Å². The van der Waals surface area contributed by atoms with Crippen molar-refractivity contribution in [1.29, 1.82) is 0 Å². The van der Waals surface area contributed by atoms with Crippen LogP contribution < -0.4 is 0 Å². The van der Waals surface area contributed by atoms with Crippen LogP contribution in [0.1, 0.15) is 36.2 Å². The van der Waals surface area contributed by atoms with Gasteiger partial charge in [-0.3, -0.25) is 4.90 Å². The summed E-state index contributed by atoms with van der Waals surface area (Å²) >= 11 is 6.25. The first kappa shape index (κ1) is 21.3. The van der Waals surface area contributed by atoms with Gasteiger partial charge in [-0.25, -0.2) is 4.68 Å². The lowest BCUT2D eigenvalue weighted by atomic mass is 10.2. The van der Waals surface area contributed by atoms with E-state index < -0.39 is 0 Å². The molecule has 2 aromatic carbocycles. The van der Waals surface area contributed by atoms with Crippen LogP contribution in [0.4, 0.5) is 0 Å². The van der Waals surface area contributed by atoms with Crippen molar-refractivity contribution >= 4 is 11.6 Å². The molecule has 0 saturated heterocycles. The van der Waals surface area contributed by atoms with E-state index >= 15 is 0 Å². The Morgan fingerprint density at radius 1 is 1.00 bits per heavy atom. The molecule has 0 fully saturated rings. The Bertz CT molecular complexity index is 1150. The number of halogens is 1. The topological polar surface area (TPSA) is 60.0 Å². The zero-order chi connectivity index (χ0) is 21.8. The predicted molar refractivity (Wildman–Crippen MR) is 122 cm³/mol. The van der Waals surface area contributed by atoms with Crippen LogP contribution in [0, 0.1) is 13.8 Å². The van der Waals surface area contributed by atoms with E-state index in [1.54, 1.807) is 0 Å². The lowest BCUT2D eigenvalue weighted by Gasteiger charge is -2.20. The second-order valence-electron chi connectivity index (χ2n) is 7.70. The van der Waals surface area contributed by atoms with Gasteiger partial charge in [0.2, 0.25) is 11.8 Å². The van der Waals surface area contributed by atoms with E-state index in [1.807, 2.05) is 35.9 Å². The van der Waals surface area contributed by atoms with E-state index in [4.69, 9.17) is 16.0 Å². The van der Waals surface area contributed by atoms with Crippen LogP contribution in [0.25, 0.3) is 17.1 Å². The number of rotatable bonds is 8. The third-order valence-electron chi connectivity index (χ3n) is 5.07. The smallest absolute Gasteiger partial charge is 0.249 e. The molecule has 160 valence electrons. The SMILES string of the molecule is CCCN(Cc1ccc(-n2nc(C)cc2C)cc1)Cc1nnc(-c2ccccc2Cl)o1. The van der Waals surface area contributed by atoms with Crippen molar-refractivity contribution in [2.75, 3.05) is 6.54 Å². The molecule has 0 aliphatic carbocycles. The van der Waals surface area contributed by atoms with E-state index in [0.29, 0.717) is 23.3 Å². The number of aromatic nitrogens is 4. The van der Waals surface area contributed by atoms with Gasteiger partial charge in [0.25, 0.3) is 0 Å². The Hall–Kier alpha value is -2.96. The Kier molecular flexibility index (Phi) is 6.49. The molecule has 0 atom stereocenters. The van der Waals surface area contributed by atoms with E-state index in [-0.39, 0.29) is 0 Å². The molecule has 0 spiro atoms. The quantitative estimate of drug-likeness (QED) is 0.360. The van der Waals surface area contributed by atoms with Crippen molar-refractivity contribution in [3.63, 3.8) is 0 Å². The molecule has 31 heavy (non-hydrogen) atoms. The van der Waals surface area contributed by atoms with Crippen LogP contribution in [0.3, 0.4) is 0 Å². The van der Waals surface area contributed by atoms with Crippen molar-refractivity contribution < 1.29 is 4.42 Å². The fraction of sp³-hybridized carbons (Fsp3) is 0.292. The van der Waals surface area contributed by atoms with Gasteiger partial charge in [-0.15, -0.1) is 10.2 Å². The van der Waals surface area contributed by atoms with Crippen LogP contribution >= 0.6 is 11.6 Å². The highest BCUT2D eigenvalue weighted by molar-refractivity contribution is 6.33. The molecule has 2 heterocycles. The van der Waals surface area contributed by atoms with Gasteiger partial charge in [0.15, 0.2) is 0 Å². The first-order chi connectivity index (χ1) is 15.0. The summed E-state index contributed by atoms with van der Waals surface area (Å²) in [5.41, 5.74) is 5.20. The molecule has 0 N–H and O–H groups in total. The molecule has 6 nitrogen and oxygen atoms in total. The highest BCUT2D eigenvalue weighted by atomic mass is 35.5. The van der Waals surface area contributed by atoms with Crippen molar-refractivity contribution in [3.8, 4) is 17.1 Å².